The zero-order chi connectivity index (χ0) is 20.1. The normalized spacial score (nSPS) is 10.5. The van der Waals surface area contributed by atoms with Gasteiger partial charge in [-0.05, 0) is 64.5 Å². The first-order valence-electron chi connectivity index (χ1n) is 8.71. The summed E-state index contributed by atoms with van der Waals surface area (Å²) in [5, 5.41) is 11.0. The maximum absolute atomic E-state index is 13.0. The molecule has 4 rings (SSSR count). The average Bonchev–Trinajstić information content (AvgIpc) is 3.29. The molecule has 0 saturated heterocycles. The van der Waals surface area contributed by atoms with Crippen LogP contribution in [0.25, 0.3) is 5.69 Å². The fourth-order valence-corrected chi connectivity index (χ4v) is 2.61. The Morgan fingerprint density at radius 1 is 0.966 bits per heavy atom. The van der Waals surface area contributed by atoms with E-state index in [0.29, 0.717) is 17.1 Å². The topological polar surface area (TPSA) is 79.1 Å². The van der Waals surface area contributed by atoms with Crippen LogP contribution < -0.4 is 9.47 Å². The van der Waals surface area contributed by atoms with Crippen molar-refractivity contribution in [1.82, 2.24) is 20.2 Å². The van der Waals surface area contributed by atoms with Gasteiger partial charge in [-0.2, -0.15) is 0 Å². The van der Waals surface area contributed by atoms with Gasteiger partial charge in [0, 0.05) is 0 Å². The Bertz CT molecular complexity index is 1100. The Balaban J connectivity index is 1.45. The fraction of sp³-hybridized carbons (Fsp3) is 0.0476. The number of ether oxygens (including phenoxy) is 2. The zero-order valence-electron chi connectivity index (χ0n) is 15.1. The minimum Gasteiger partial charge on any atom is -0.488 e. The van der Waals surface area contributed by atoms with Crippen molar-refractivity contribution in [1.29, 1.82) is 0 Å². The number of hydrogen-bond donors (Lipinski definition) is 0. The molecule has 0 radical (unpaired) electrons. The Morgan fingerprint density at radius 2 is 1.72 bits per heavy atom. The van der Waals surface area contributed by atoms with Crippen molar-refractivity contribution in [3.63, 3.8) is 0 Å². The maximum atomic E-state index is 13.0. The summed E-state index contributed by atoms with van der Waals surface area (Å²) in [5.41, 5.74) is 1.81. The van der Waals surface area contributed by atoms with Crippen LogP contribution in [0.2, 0.25) is 0 Å². The van der Waals surface area contributed by atoms with Crippen LogP contribution in [0.4, 0.5) is 4.39 Å². The highest BCUT2D eigenvalue weighted by atomic mass is 19.1. The van der Waals surface area contributed by atoms with Crippen molar-refractivity contribution in [3.05, 3.63) is 96.1 Å². The van der Waals surface area contributed by atoms with Gasteiger partial charge in [0.15, 0.2) is 0 Å². The lowest BCUT2D eigenvalue weighted by atomic mass is 10.2. The van der Waals surface area contributed by atoms with Gasteiger partial charge in [-0.25, -0.2) is 13.9 Å². The smallest absolute Gasteiger partial charge is 0.347 e. The number of carbonyl (C=O) groups excluding carboxylic acids is 1. The third kappa shape index (κ3) is 4.44. The van der Waals surface area contributed by atoms with E-state index in [-0.39, 0.29) is 12.4 Å². The molecule has 144 valence electrons. The Kier molecular flexibility index (Phi) is 5.24. The molecule has 3 aromatic carbocycles. The first kappa shape index (κ1) is 18.3. The average molecular weight is 390 g/mol. The molecule has 0 N–H and O–H groups in total. The summed E-state index contributed by atoms with van der Waals surface area (Å²) in [6, 6.07) is 19.5. The molecule has 8 heteroatoms. The van der Waals surface area contributed by atoms with Crippen LogP contribution in [0.1, 0.15) is 15.9 Å². The molecule has 4 aromatic rings. The van der Waals surface area contributed by atoms with Crippen molar-refractivity contribution in [2.75, 3.05) is 0 Å². The van der Waals surface area contributed by atoms with Crippen LogP contribution in [0, 0.1) is 5.82 Å². The molecule has 0 bridgehead atoms. The number of para-hydroxylation sites is 1. The van der Waals surface area contributed by atoms with Crippen molar-refractivity contribution in [2.24, 2.45) is 0 Å². The molecule has 1 aromatic heterocycles. The van der Waals surface area contributed by atoms with E-state index in [1.54, 1.807) is 60.7 Å². The number of carbonyl (C=O) groups is 1. The lowest BCUT2D eigenvalue weighted by Gasteiger charge is -2.11. The number of tetrazole rings is 1. The molecule has 0 unspecified atom stereocenters. The zero-order valence-corrected chi connectivity index (χ0v) is 15.1. The van der Waals surface area contributed by atoms with Gasteiger partial charge < -0.3 is 9.47 Å². The maximum Gasteiger partial charge on any atom is 0.347 e. The molecule has 0 aliphatic carbocycles. The molecule has 0 spiro atoms. The highest BCUT2D eigenvalue weighted by Crippen LogP contribution is 2.22. The second kappa shape index (κ2) is 8.30. The molecule has 1 heterocycles. The van der Waals surface area contributed by atoms with E-state index in [0.717, 1.165) is 11.3 Å². The van der Waals surface area contributed by atoms with Crippen LogP contribution in [-0.4, -0.2) is 26.2 Å². The first-order chi connectivity index (χ1) is 14.2. The van der Waals surface area contributed by atoms with Crippen molar-refractivity contribution in [3.8, 4) is 17.2 Å². The molecule has 0 fully saturated rings. The van der Waals surface area contributed by atoms with Crippen LogP contribution in [0.3, 0.4) is 0 Å². The van der Waals surface area contributed by atoms with Gasteiger partial charge in [-0.15, -0.1) is 5.10 Å². The minimum atomic E-state index is -0.546. The summed E-state index contributed by atoms with van der Waals surface area (Å²) in [6.45, 7) is 0.200. The summed E-state index contributed by atoms with van der Waals surface area (Å²) >= 11 is 0. The summed E-state index contributed by atoms with van der Waals surface area (Å²) in [7, 11) is 0. The van der Waals surface area contributed by atoms with Gasteiger partial charge in [0.1, 0.15) is 35.8 Å². The van der Waals surface area contributed by atoms with Crippen LogP contribution in [-0.2, 0) is 6.61 Å². The van der Waals surface area contributed by atoms with E-state index in [9.17, 15) is 9.18 Å². The number of halogens is 1. The van der Waals surface area contributed by atoms with Gasteiger partial charge in [0.2, 0.25) is 0 Å². The fourth-order valence-electron chi connectivity index (χ4n) is 2.61. The third-order valence-corrected chi connectivity index (χ3v) is 4.08. The number of hydrogen-bond acceptors (Lipinski definition) is 6. The van der Waals surface area contributed by atoms with Crippen LogP contribution >= 0.6 is 0 Å². The lowest BCUT2D eigenvalue weighted by Crippen LogP contribution is -2.11. The van der Waals surface area contributed by atoms with Crippen molar-refractivity contribution < 1.29 is 18.7 Å². The standard InChI is InChI=1S/C21H15FN4O3/c22-16-7-5-15(6-8-16)13-28-20-4-2-1-3-19(20)21(27)29-18-11-9-17(10-12-18)26-14-23-24-25-26/h1-12,14H,13H2. The van der Waals surface area contributed by atoms with Gasteiger partial charge in [0.25, 0.3) is 0 Å². The summed E-state index contributed by atoms with van der Waals surface area (Å²) in [6.07, 6.45) is 1.47. The molecule has 0 aliphatic rings. The molecule has 0 aliphatic heterocycles. The number of benzene rings is 3. The van der Waals surface area contributed by atoms with E-state index < -0.39 is 5.97 Å². The van der Waals surface area contributed by atoms with Gasteiger partial charge in [0.05, 0.1) is 5.69 Å². The molecule has 7 nitrogen and oxygen atoms in total. The van der Waals surface area contributed by atoms with E-state index in [2.05, 4.69) is 15.5 Å². The van der Waals surface area contributed by atoms with Crippen molar-refractivity contribution >= 4 is 5.97 Å². The second-order valence-electron chi connectivity index (χ2n) is 6.05. The monoisotopic (exact) mass is 390 g/mol. The molecule has 29 heavy (non-hydrogen) atoms. The van der Waals surface area contributed by atoms with Crippen molar-refractivity contribution in [2.45, 2.75) is 6.61 Å². The third-order valence-electron chi connectivity index (χ3n) is 4.08. The predicted octanol–water partition coefficient (Wildman–Crippen LogP) is 3.60. The number of rotatable bonds is 6. The Morgan fingerprint density at radius 3 is 2.45 bits per heavy atom. The number of nitrogens with zero attached hydrogens (tertiary/aromatic N) is 4. The van der Waals surface area contributed by atoms with Crippen LogP contribution in [0.15, 0.2) is 79.1 Å². The number of esters is 1. The highest BCUT2D eigenvalue weighted by Gasteiger charge is 2.15. The first-order valence-corrected chi connectivity index (χ1v) is 8.71. The largest absolute Gasteiger partial charge is 0.488 e. The SMILES string of the molecule is O=C(Oc1ccc(-n2cnnn2)cc1)c1ccccc1OCc1ccc(F)cc1. The summed E-state index contributed by atoms with van der Waals surface area (Å²) in [4.78, 5) is 12.6. The predicted molar refractivity (Wildman–Crippen MR) is 101 cm³/mol. The summed E-state index contributed by atoms with van der Waals surface area (Å²) in [5.74, 6) is -0.106. The molecular formula is C21H15FN4O3. The Labute approximate surface area is 165 Å². The van der Waals surface area contributed by atoms with E-state index in [1.165, 1.54) is 23.1 Å². The summed E-state index contributed by atoms with van der Waals surface area (Å²) < 4.78 is 25.7. The van der Waals surface area contributed by atoms with E-state index in [1.807, 2.05) is 0 Å². The number of aromatic nitrogens is 4. The molecular weight excluding hydrogens is 375 g/mol. The molecule has 0 atom stereocenters. The van der Waals surface area contributed by atoms with E-state index >= 15 is 0 Å². The lowest BCUT2D eigenvalue weighted by molar-refractivity contribution is 0.0729. The Hall–Kier alpha value is -4.07. The highest BCUT2D eigenvalue weighted by molar-refractivity contribution is 5.94. The van der Waals surface area contributed by atoms with E-state index in [4.69, 9.17) is 9.47 Å². The molecule has 0 amide bonds. The van der Waals surface area contributed by atoms with Gasteiger partial charge >= 0.3 is 5.97 Å². The van der Waals surface area contributed by atoms with Gasteiger partial charge in [-0.1, -0.05) is 24.3 Å². The molecule has 0 saturated carbocycles. The van der Waals surface area contributed by atoms with Gasteiger partial charge in [-0.3, -0.25) is 0 Å². The quantitative estimate of drug-likeness (QED) is 0.370. The second-order valence-corrected chi connectivity index (χ2v) is 6.05. The van der Waals surface area contributed by atoms with Crippen LogP contribution in [0.5, 0.6) is 11.5 Å². The minimum absolute atomic E-state index is 0.200.